The summed E-state index contributed by atoms with van der Waals surface area (Å²) in [5.41, 5.74) is 6.93. The SMILES string of the molecule is C.CC(C)(C)OC(=O)N1CCC(O)CC1.Cc1cc(N)ccc1OC1CCN(C(=O)OC(C)(C)C)CC1.Cc1cc([N+](=O)[O-])ccc1OC1CCN(C(=O)OC(C)(C)C)CC1.F. The summed E-state index contributed by atoms with van der Waals surface area (Å²) < 4.78 is 28.0. The third-order valence-electron chi connectivity index (χ3n) is 9.46. The minimum absolute atomic E-state index is 0. The van der Waals surface area contributed by atoms with Gasteiger partial charge >= 0.3 is 18.3 Å². The Bertz CT molecular complexity index is 1730. The molecule has 3 aliphatic heterocycles. The third-order valence-corrected chi connectivity index (χ3v) is 9.46. The molecular formula is C45H74FN5O11. The fourth-order valence-corrected chi connectivity index (χ4v) is 6.38. The quantitative estimate of drug-likeness (QED) is 0.125. The van der Waals surface area contributed by atoms with E-state index in [1.54, 1.807) is 27.7 Å². The van der Waals surface area contributed by atoms with Gasteiger partial charge in [-0.3, -0.25) is 14.8 Å². The van der Waals surface area contributed by atoms with E-state index in [0.717, 1.165) is 35.4 Å². The number of ether oxygens (including phenoxy) is 5. The molecule has 5 rings (SSSR count). The number of hydrogen-bond donors (Lipinski definition) is 2. The predicted octanol–water partition coefficient (Wildman–Crippen LogP) is 9.20. The van der Waals surface area contributed by atoms with Gasteiger partial charge in [0.2, 0.25) is 0 Å². The first-order valence-electron chi connectivity index (χ1n) is 20.8. The van der Waals surface area contributed by atoms with Gasteiger partial charge < -0.3 is 49.2 Å². The first-order chi connectivity index (χ1) is 27.8. The van der Waals surface area contributed by atoms with Crippen molar-refractivity contribution in [1.82, 2.24) is 14.7 Å². The highest BCUT2D eigenvalue weighted by atomic mass is 19.0. The van der Waals surface area contributed by atoms with Crippen LogP contribution in [-0.4, -0.2) is 117 Å². The van der Waals surface area contributed by atoms with E-state index in [1.807, 2.05) is 87.4 Å². The van der Waals surface area contributed by atoms with Gasteiger partial charge in [0.05, 0.1) is 11.0 Å². The van der Waals surface area contributed by atoms with Crippen molar-refractivity contribution in [3.8, 4) is 11.5 Å². The molecule has 3 N–H and O–H groups in total. The maximum Gasteiger partial charge on any atom is 0.410 e. The van der Waals surface area contributed by atoms with Crippen LogP contribution in [0.3, 0.4) is 0 Å². The Kier molecular flexibility index (Phi) is 21.2. The van der Waals surface area contributed by atoms with Crippen LogP contribution in [0.4, 0.5) is 30.5 Å². The number of piperidine rings is 3. The molecule has 3 saturated heterocycles. The topological polar surface area (TPSA) is 196 Å². The molecule has 0 radical (unpaired) electrons. The van der Waals surface area contributed by atoms with Gasteiger partial charge in [-0.2, -0.15) is 0 Å². The molecule has 0 aromatic heterocycles. The number of nitrogens with zero attached hydrogens (tertiary/aromatic N) is 4. The van der Waals surface area contributed by atoms with Crippen LogP contribution in [-0.2, 0) is 14.2 Å². The van der Waals surface area contributed by atoms with E-state index in [0.29, 0.717) is 70.7 Å². The zero-order valence-corrected chi connectivity index (χ0v) is 38.0. The number of carbonyl (C=O) groups excluding carboxylic acids is 3. The van der Waals surface area contributed by atoms with Crippen LogP contribution < -0.4 is 15.2 Å². The summed E-state index contributed by atoms with van der Waals surface area (Å²) in [6.07, 6.45) is 3.38. The van der Waals surface area contributed by atoms with Crippen molar-refractivity contribution in [3.63, 3.8) is 0 Å². The van der Waals surface area contributed by atoms with E-state index in [9.17, 15) is 29.6 Å². The predicted molar refractivity (Wildman–Crippen MR) is 239 cm³/mol. The number of aliphatic hydroxyl groups excluding tert-OH is 1. The van der Waals surface area contributed by atoms with Crippen molar-refractivity contribution < 1.29 is 52.8 Å². The van der Waals surface area contributed by atoms with E-state index in [-0.39, 0.29) is 54.4 Å². The minimum atomic E-state index is -0.500. The summed E-state index contributed by atoms with van der Waals surface area (Å²) in [6.45, 7) is 24.2. The van der Waals surface area contributed by atoms with Crippen LogP contribution in [0.5, 0.6) is 11.5 Å². The van der Waals surface area contributed by atoms with Gasteiger partial charge in [-0.15, -0.1) is 0 Å². The number of carbonyl (C=O) groups is 3. The Morgan fingerprint density at radius 3 is 1.26 bits per heavy atom. The number of non-ortho nitro benzene ring substituents is 1. The molecule has 0 bridgehead atoms. The third kappa shape index (κ3) is 19.8. The lowest BCUT2D eigenvalue weighted by Gasteiger charge is -2.33. The molecule has 3 aliphatic rings. The van der Waals surface area contributed by atoms with Gasteiger partial charge in [-0.1, -0.05) is 7.43 Å². The number of hydrogen-bond acceptors (Lipinski definition) is 12. The molecule has 0 saturated carbocycles. The average molecular weight is 880 g/mol. The van der Waals surface area contributed by atoms with E-state index in [1.165, 1.54) is 12.1 Å². The standard InChI is InChI=1S/C17H24N2O5.C17H26N2O3.C10H19NO3.CH4.FH/c1-12-11-13(19(21)22)5-6-15(12)23-14-7-9-18(10-8-14)16(20)24-17(2,3)4;1-12-11-13(18)5-6-15(12)21-14-7-9-19(10-8-14)16(20)22-17(2,3)4;1-10(2,3)14-9(13)11-6-4-8(12)5-7-11;;/h5-6,11,14H,7-10H2,1-4H3;5-6,11,14H,7-10,18H2,1-4H3;8,12H,4-7H2,1-3H3;1H4;1H. The van der Waals surface area contributed by atoms with Crippen molar-refractivity contribution in [1.29, 1.82) is 0 Å². The number of nitro benzene ring substituents is 1. The minimum Gasteiger partial charge on any atom is -0.490 e. The highest BCUT2D eigenvalue weighted by Gasteiger charge is 2.30. The molecule has 3 fully saturated rings. The number of halogens is 1. The lowest BCUT2D eigenvalue weighted by Crippen LogP contribution is -2.44. The molecule has 0 unspecified atom stereocenters. The Hall–Kier alpha value is -5.06. The normalized spacial score (nSPS) is 16.4. The molecule has 17 heteroatoms. The van der Waals surface area contributed by atoms with Crippen LogP contribution in [0, 0.1) is 24.0 Å². The Labute approximate surface area is 367 Å². The molecule has 62 heavy (non-hydrogen) atoms. The van der Waals surface area contributed by atoms with Crippen LogP contribution in [0.25, 0.3) is 0 Å². The second kappa shape index (κ2) is 24.0. The summed E-state index contributed by atoms with van der Waals surface area (Å²) in [5.74, 6) is 1.52. The van der Waals surface area contributed by atoms with Gasteiger partial charge in [0.15, 0.2) is 0 Å². The number of nitrogen functional groups attached to an aromatic ring is 1. The first kappa shape index (κ1) is 55.0. The highest BCUT2D eigenvalue weighted by molar-refractivity contribution is 5.69. The number of rotatable bonds is 5. The molecule has 0 aliphatic carbocycles. The number of nitro groups is 1. The lowest BCUT2D eigenvalue weighted by atomic mass is 10.1. The smallest absolute Gasteiger partial charge is 0.410 e. The molecule has 3 heterocycles. The van der Waals surface area contributed by atoms with E-state index in [2.05, 4.69) is 0 Å². The number of aliphatic hydroxyl groups is 1. The second-order valence-corrected chi connectivity index (χ2v) is 18.5. The summed E-state index contributed by atoms with van der Waals surface area (Å²) in [5, 5.41) is 20.0. The number of aryl methyl sites for hydroxylation is 2. The van der Waals surface area contributed by atoms with E-state index < -0.39 is 21.7 Å². The molecule has 0 atom stereocenters. The van der Waals surface area contributed by atoms with Crippen LogP contribution in [0.1, 0.15) is 119 Å². The molecule has 2 aromatic rings. The van der Waals surface area contributed by atoms with Gasteiger partial charge in [0.1, 0.15) is 40.5 Å². The molecule has 0 spiro atoms. The maximum atomic E-state index is 12.0. The lowest BCUT2D eigenvalue weighted by molar-refractivity contribution is -0.384. The van der Waals surface area contributed by atoms with Crippen LogP contribution >= 0.6 is 0 Å². The summed E-state index contributed by atoms with van der Waals surface area (Å²) in [6, 6.07) is 10.2. The largest absolute Gasteiger partial charge is 0.490 e. The molecule has 16 nitrogen and oxygen atoms in total. The van der Waals surface area contributed by atoms with Crippen molar-refractivity contribution in [3.05, 3.63) is 57.6 Å². The number of amides is 3. The Morgan fingerprint density at radius 1 is 0.629 bits per heavy atom. The van der Waals surface area contributed by atoms with Crippen molar-refractivity contribution in [2.45, 2.75) is 157 Å². The van der Waals surface area contributed by atoms with Gasteiger partial charge in [-0.25, -0.2) is 14.4 Å². The fourth-order valence-electron chi connectivity index (χ4n) is 6.38. The summed E-state index contributed by atoms with van der Waals surface area (Å²) >= 11 is 0. The first-order valence-corrected chi connectivity index (χ1v) is 20.8. The zero-order chi connectivity index (χ0) is 45.0. The summed E-state index contributed by atoms with van der Waals surface area (Å²) in [7, 11) is 0. The second-order valence-electron chi connectivity index (χ2n) is 18.5. The Morgan fingerprint density at radius 2 is 0.952 bits per heavy atom. The van der Waals surface area contributed by atoms with Crippen molar-refractivity contribution in [2.75, 3.05) is 45.0 Å². The maximum absolute atomic E-state index is 12.0. The number of nitrogens with two attached hydrogens (primary N) is 1. The Balaban J connectivity index is 0.000000473. The molecule has 2 aromatic carbocycles. The van der Waals surface area contributed by atoms with Crippen molar-refractivity contribution in [2.24, 2.45) is 0 Å². The van der Waals surface area contributed by atoms with E-state index >= 15 is 0 Å². The summed E-state index contributed by atoms with van der Waals surface area (Å²) in [4.78, 5) is 51.0. The average Bonchev–Trinajstić information content (AvgIpc) is 3.13. The molecule has 3 amide bonds. The molecule has 352 valence electrons. The van der Waals surface area contributed by atoms with Crippen LogP contribution in [0.2, 0.25) is 0 Å². The highest BCUT2D eigenvalue weighted by Crippen LogP contribution is 2.28. The van der Waals surface area contributed by atoms with Crippen molar-refractivity contribution >= 4 is 29.7 Å². The molecular weight excluding hydrogens is 806 g/mol. The number of likely N-dealkylation sites (tertiary alicyclic amines) is 3. The van der Waals surface area contributed by atoms with E-state index in [4.69, 9.17) is 29.4 Å². The van der Waals surface area contributed by atoms with Gasteiger partial charge in [0.25, 0.3) is 5.69 Å². The monoisotopic (exact) mass is 880 g/mol. The van der Waals surface area contributed by atoms with Gasteiger partial charge in [-0.05, 0) is 124 Å². The number of anilines is 1. The number of benzene rings is 2. The zero-order valence-electron chi connectivity index (χ0n) is 38.0. The van der Waals surface area contributed by atoms with Crippen LogP contribution in [0.15, 0.2) is 36.4 Å². The fraction of sp³-hybridized carbons (Fsp3) is 0.667. The van der Waals surface area contributed by atoms with Gasteiger partial charge in [0, 0.05) is 82.8 Å².